The van der Waals surface area contributed by atoms with Gasteiger partial charge in [-0.25, -0.2) is 0 Å². The second-order valence-corrected chi connectivity index (χ2v) is 7.69. The highest BCUT2D eigenvalue weighted by Gasteiger charge is 2.37. The molecule has 0 saturated carbocycles. The largest absolute Gasteiger partial charge is 0.448 e. The molecule has 0 bridgehead atoms. The zero-order chi connectivity index (χ0) is 22.8. The molecule has 0 N–H and O–H groups in total. The second-order valence-electron chi connectivity index (χ2n) is 7.69. The van der Waals surface area contributed by atoms with Gasteiger partial charge in [0, 0.05) is 11.1 Å². The molecule has 0 radical (unpaired) electrons. The van der Waals surface area contributed by atoms with Crippen LogP contribution >= 0.6 is 0 Å². The van der Waals surface area contributed by atoms with Gasteiger partial charge in [0.15, 0.2) is 6.10 Å². The number of amides is 2. The molecule has 6 nitrogen and oxygen atoms in total. The van der Waals surface area contributed by atoms with Crippen LogP contribution in [0.3, 0.4) is 0 Å². The van der Waals surface area contributed by atoms with Crippen LogP contribution < -0.4 is 0 Å². The van der Waals surface area contributed by atoms with Gasteiger partial charge in [-0.2, -0.15) is 0 Å². The fourth-order valence-electron chi connectivity index (χ4n) is 3.63. The summed E-state index contributed by atoms with van der Waals surface area (Å²) in [4.78, 5) is 52.0. The summed E-state index contributed by atoms with van der Waals surface area (Å²) in [6.07, 6.45) is -1.19. The first-order valence-corrected chi connectivity index (χ1v) is 10.2. The van der Waals surface area contributed by atoms with Gasteiger partial charge in [0.1, 0.15) is 6.54 Å². The molecule has 0 aliphatic carbocycles. The van der Waals surface area contributed by atoms with E-state index >= 15 is 0 Å². The number of esters is 1. The third-order valence-corrected chi connectivity index (χ3v) is 5.55. The van der Waals surface area contributed by atoms with Crippen molar-refractivity contribution < 1.29 is 23.9 Å². The molecule has 0 fully saturated rings. The number of rotatable bonds is 6. The summed E-state index contributed by atoms with van der Waals surface area (Å²) in [5, 5.41) is 0. The molecule has 32 heavy (non-hydrogen) atoms. The van der Waals surface area contributed by atoms with Crippen LogP contribution in [-0.2, 0) is 9.53 Å². The van der Waals surface area contributed by atoms with E-state index in [1.165, 1.54) is 12.1 Å². The van der Waals surface area contributed by atoms with Gasteiger partial charge in [-0.15, -0.1) is 0 Å². The number of imide groups is 1. The Morgan fingerprint density at radius 1 is 0.812 bits per heavy atom. The number of hydrogen-bond acceptors (Lipinski definition) is 5. The Balaban J connectivity index is 1.57. The van der Waals surface area contributed by atoms with E-state index in [0.29, 0.717) is 11.1 Å². The maximum atomic E-state index is 13.3. The van der Waals surface area contributed by atoms with Crippen LogP contribution in [0.15, 0.2) is 72.8 Å². The fraction of sp³-hybridized carbons (Fsp3) is 0.154. The van der Waals surface area contributed by atoms with E-state index in [4.69, 9.17) is 4.74 Å². The lowest BCUT2D eigenvalue weighted by molar-refractivity contribution is -0.147. The summed E-state index contributed by atoms with van der Waals surface area (Å²) in [5.41, 5.74) is 3.40. The first-order chi connectivity index (χ1) is 15.4. The van der Waals surface area contributed by atoms with Gasteiger partial charge in [0.05, 0.1) is 11.1 Å². The molecule has 0 saturated heterocycles. The number of benzene rings is 3. The number of ether oxygens (including phenoxy) is 1. The fourth-order valence-corrected chi connectivity index (χ4v) is 3.63. The molecule has 160 valence electrons. The molecular formula is C26H21NO5. The number of carbonyl (C=O) groups is 4. The molecule has 1 heterocycles. The van der Waals surface area contributed by atoms with E-state index in [-0.39, 0.29) is 16.9 Å². The minimum absolute atomic E-state index is 0.246. The minimum Gasteiger partial charge on any atom is -0.448 e. The Morgan fingerprint density at radius 2 is 1.41 bits per heavy atom. The molecule has 0 aromatic heterocycles. The third-order valence-electron chi connectivity index (χ3n) is 5.55. The van der Waals surface area contributed by atoms with Crippen LogP contribution in [0.1, 0.15) is 53.9 Å². The van der Waals surface area contributed by atoms with E-state index in [0.717, 1.165) is 16.0 Å². The van der Waals surface area contributed by atoms with Gasteiger partial charge < -0.3 is 4.74 Å². The Hall–Kier alpha value is -4.06. The van der Waals surface area contributed by atoms with Crippen molar-refractivity contribution >= 4 is 23.6 Å². The number of Topliss-reactive ketones (excluding diaryl/α,β-unsaturated/α-hetero) is 1. The summed E-state index contributed by atoms with van der Waals surface area (Å²) in [6, 6.07) is 20.3. The number of ketones is 1. The molecule has 1 aliphatic heterocycles. The highest BCUT2D eigenvalue weighted by atomic mass is 16.5. The third kappa shape index (κ3) is 3.95. The quantitative estimate of drug-likeness (QED) is 0.337. The van der Waals surface area contributed by atoms with Crippen molar-refractivity contribution in [1.82, 2.24) is 4.90 Å². The van der Waals surface area contributed by atoms with E-state index in [1.54, 1.807) is 54.6 Å². The van der Waals surface area contributed by atoms with Crippen molar-refractivity contribution in [3.05, 3.63) is 106 Å². The lowest BCUT2D eigenvalue weighted by Gasteiger charge is -2.20. The topological polar surface area (TPSA) is 80.8 Å². The number of nitrogens with zero attached hydrogens (tertiary/aromatic N) is 1. The number of aryl methyl sites for hydroxylation is 2. The van der Waals surface area contributed by atoms with Gasteiger partial charge >= 0.3 is 5.97 Å². The molecule has 0 unspecified atom stereocenters. The summed E-state index contributed by atoms with van der Waals surface area (Å²) < 4.78 is 5.55. The molecule has 2 amide bonds. The zero-order valence-electron chi connectivity index (χ0n) is 17.7. The smallest absolute Gasteiger partial charge is 0.327 e. The maximum absolute atomic E-state index is 13.3. The van der Waals surface area contributed by atoms with Gasteiger partial charge in [0.2, 0.25) is 5.78 Å². The summed E-state index contributed by atoms with van der Waals surface area (Å²) >= 11 is 0. The first kappa shape index (κ1) is 21.2. The first-order valence-electron chi connectivity index (χ1n) is 10.2. The van der Waals surface area contributed by atoms with Crippen LogP contribution in [0.5, 0.6) is 0 Å². The highest BCUT2D eigenvalue weighted by molar-refractivity contribution is 6.22. The number of fused-ring (bicyclic) bond motifs is 1. The number of hydrogen-bond donors (Lipinski definition) is 0. The summed E-state index contributed by atoms with van der Waals surface area (Å²) in [6.45, 7) is 3.27. The maximum Gasteiger partial charge on any atom is 0.327 e. The summed E-state index contributed by atoms with van der Waals surface area (Å²) in [7, 11) is 0. The summed E-state index contributed by atoms with van der Waals surface area (Å²) in [5.74, 6) is -2.33. The molecule has 1 aliphatic rings. The lowest BCUT2D eigenvalue weighted by atomic mass is 9.97. The molecule has 4 rings (SSSR count). The molecule has 0 spiro atoms. The Morgan fingerprint density at radius 3 is 2.00 bits per heavy atom. The van der Waals surface area contributed by atoms with Crippen LogP contribution in [-0.4, -0.2) is 35.0 Å². The second kappa shape index (κ2) is 8.59. The normalized spacial score (nSPS) is 13.6. The van der Waals surface area contributed by atoms with Crippen LogP contribution in [0.25, 0.3) is 0 Å². The minimum atomic E-state index is -1.19. The number of carbonyl (C=O) groups excluding carboxylic acids is 4. The average molecular weight is 427 g/mol. The Labute approximate surface area is 185 Å². The van der Waals surface area contributed by atoms with Crippen molar-refractivity contribution in [2.75, 3.05) is 6.54 Å². The van der Waals surface area contributed by atoms with Gasteiger partial charge in [-0.3, -0.25) is 24.1 Å². The monoisotopic (exact) mass is 427 g/mol. The lowest BCUT2D eigenvalue weighted by Crippen LogP contribution is -2.36. The predicted octanol–water partition coefficient (Wildman–Crippen LogP) is 4.07. The van der Waals surface area contributed by atoms with Crippen molar-refractivity contribution in [3.8, 4) is 0 Å². The van der Waals surface area contributed by atoms with Gasteiger partial charge in [-0.05, 0) is 43.2 Å². The van der Waals surface area contributed by atoms with Crippen molar-refractivity contribution in [3.63, 3.8) is 0 Å². The highest BCUT2D eigenvalue weighted by Crippen LogP contribution is 2.26. The van der Waals surface area contributed by atoms with Crippen molar-refractivity contribution in [2.45, 2.75) is 20.0 Å². The SMILES string of the molecule is Cc1ccc(C(=O)[C@H](OC(=O)CN2C(=O)c3ccccc3C2=O)c2ccccc2)cc1C. The molecule has 3 aromatic rings. The predicted molar refractivity (Wildman–Crippen MR) is 117 cm³/mol. The zero-order valence-corrected chi connectivity index (χ0v) is 17.7. The average Bonchev–Trinajstić information content (AvgIpc) is 3.04. The van der Waals surface area contributed by atoms with Crippen molar-refractivity contribution in [2.24, 2.45) is 0 Å². The molecular weight excluding hydrogens is 406 g/mol. The van der Waals surface area contributed by atoms with Crippen LogP contribution in [0.4, 0.5) is 0 Å². The van der Waals surface area contributed by atoms with Gasteiger partial charge in [-0.1, -0.05) is 54.6 Å². The molecule has 3 aromatic carbocycles. The van der Waals surface area contributed by atoms with Crippen LogP contribution in [0, 0.1) is 13.8 Å². The van der Waals surface area contributed by atoms with E-state index in [2.05, 4.69) is 0 Å². The van der Waals surface area contributed by atoms with E-state index in [9.17, 15) is 19.2 Å². The molecule has 1 atom stereocenters. The van der Waals surface area contributed by atoms with Crippen LogP contribution in [0.2, 0.25) is 0 Å². The Kier molecular flexibility index (Phi) is 5.69. The Bertz CT molecular complexity index is 1200. The van der Waals surface area contributed by atoms with Gasteiger partial charge in [0.25, 0.3) is 11.8 Å². The van der Waals surface area contributed by atoms with E-state index < -0.39 is 30.4 Å². The van der Waals surface area contributed by atoms with Crippen molar-refractivity contribution in [1.29, 1.82) is 0 Å². The van der Waals surface area contributed by atoms with E-state index in [1.807, 2.05) is 19.9 Å². The standard InChI is InChI=1S/C26H21NO5/c1-16-12-13-19(14-17(16)2)23(29)24(18-8-4-3-5-9-18)32-22(28)15-27-25(30)20-10-6-7-11-21(20)26(27)31/h3-14,24H,15H2,1-2H3/t24-/m1/s1. The molecule has 6 heteroatoms.